The Balaban J connectivity index is 1.22. The predicted octanol–water partition coefficient (Wildman–Crippen LogP) is 3.02. The minimum absolute atomic E-state index is 0.185. The van der Waals surface area contributed by atoms with Gasteiger partial charge in [-0.05, 0) is 36.4 Å². The molecule has 160 valence electrons. The lowest BCUT2D eigenvalue weighted by Crippen LogP contribution is -2.49. The van der Waals surface area contributed by atoms with Gasteiger partial charge in [0.1, 0.15) is 5.75 Å². The molecule has 31 heavy (non-hydrogen) atoms. The van der Waals surface area contributed by atoms with Crippen LogP contribution in [0.5, 0.6) is 5.75 Å². The van der Waals surface area contributed by atoms with Crippen LogP contribution in [0.3, 0.4) is 0 Å². The molecular formula is C23H25N5O3. The molecule has 1 aromatic heterocycles. The number of nitrogens with zero attached hydrogens (tertiary/aromatic N) is 3. The number of amides is 2. The van der Waals surface area contributed by atoms with Gasteiger partial charge in [0, 0.05) is 56.6 Å². The normalized spacial score (nSPS) is 14.3. The highest BCUT2D eigenvalue weighted by molar-refractivity contribution is 6.04. The lowest BCUT2D eigenvalue weighted by Gasteiger charge is -2.33. The van der Waals surface area contributed by atoms with E-state index in [2.05, 4.69) is 20.2 Å². The monoisotopic (exact) mass is 419 g/mol. The van der Waals surface area contributed by atoms with Crippen LogP contribution in [-0.2, 0) is 6.42 Å². The molecule has 8 nitrogen and oxygen atoms in total. The van der Waals surface area contributed by atoms with Gasteiger partial charge in [0.2, 0.25) is 0 Å². The minimum Gasteiger partial charge on any atom is -0.410 e. The number of imidazole rings is 1. The number of carbonyl (C=O) groups excluding carboxylic acids is 2. The van der Waals surface area contributed by atoms with Crippen LogP contribution in [0.25, 0.3) is 0 Å². The Labute approximate surface area is 180 Å². The summed E-state index contributed by atoms with van der Waals surface area (Å²) in [5.74, 6) is 0.263. The molecule has 1 saturated heterocycles. The van der Waals surface area contributed by atoms with Crippen LogP contribution in [0.4, 0.5) is 10.5 Å². The van der Waals surface area contributed by atoms with E-state index in [1.165, 1.54) is 0 Å². The molecule has 1 aliphatic rings. The van der Waals surface area contributed by atoms with Gasteiger partial charge in [-0.25, -0.2) is 9.78 Å². The van der Waals surface area contributed by atoms with E-state index in [4.69, 9.17) is 4.74 Å². The average Bonchev–Trinajstić information content (AvgIpc) is 3.33. The fraction of sp³-hybridized carbons (Fsp3) is 0.261. The van der Waals surface area contributed by atoms with Crippen molar-refractivity contribution < 1.29 is 14.3 Å². The number of benzene rings is 2. The molecule has 1 aliphatic heterocycles. The van der Waals surface area contributed by atoms with Crippen molar-refractivity contribution in [2.45, 2.75) is 6.42 Å². The van der Waals surface area contributed by atoms with E-state index in [0.29, 0.717) is 30.1 Å². The summed E-state index contributed by atoms with van der Waals surface area (Å²) in [5.41, 5.74) is 2.27. The number of piperazine rings is 1. The van der Waals surface area contributed by atoms with Crippen molar-refractivity contribution in [1.29, 1.82) is 0 Å². The number of rotatable bonds is 6. The molecule has 0 unspecified atom stereocenters. The average molecular weight is 419 g/mol. The van der Waals surface area contributed by atoms with Crippen molar-refractivity contribution in [2.24, 2.45) is 0 Å². The van der Waals surface area contributed by atoms with Crippen molar-refractivity contribution in [3.05, 3.63) is 78.4 Å². The van der Waals surface area contributed by atoms with Crippen molar-refractivity contribution >= 4 is 17.7 Å². The Morgan fingerprint density at radius 2 is 1.74 bits per heavy atom. The number of aromatic nitrogens is 2. The molecule has 1 fully saturated rings. The first-order valence-electron chi connectivity index (χ1n) is 10.3. The maximum Gasteiger partial charge on any atom is 0.415 e. The van der Waals surface area contributed by atoms with Crippen LogP contribution < -0.4 is 10.1 Å². The maximum absolute atomic E-state index is 12.5. The SMILES string of the molecule is O=C(Nc1ccc(OC(=O)N2CCN(CCc3c[nH]cn3)CC2)cc1)c1ccccc1. The molecule has 0 aliphatic carbocycles. The summed E-state index contributed by atoms with van der Waals surface area (Å²) in [6, 6.07) is 15.8. The minimum atomic E-state index is -0.354. The van der Waals surface area contributed by atoms with Gasteiger partial charge < -0.3 is 19.9 Å². The van der Waals surface area contributed by atoms with Gasteiger partial charge in [0.25, 0.3) is 5.91 Å². The number of hydrogen-bond acceptors (Lipinski definition) is 5. The van der Waals surface area contributed by atoms with Crippen LogP contribution in [0, 0.1) is 0 Å². The molecule has 2 aromatic carbocycles. The van der Waals surface area contributed by atoms with Gasteiger partial charge >= 0.3 is 6.09 Å². The number of aromatic amines is 1. The van der Waals surface area contributed by atoms with Crippen molar-refractivity contribution in [2.75, 3.05) is 38.0 Å². The summed E-state index contributed by atoms with van der Waals surface area (Å²) < 4.78 is 5.49. The van der Waals surface area contributed by atoms with Gasteiger partial charge in [-0.2, -0.15) is 0 Å². The first kappa shape index (κ1) is 20.6. The molecule has 4 rings (SSSR count). The Hall–Kier alpha value is -3.65. The van der Waals surface area contributed by atoms with Crippen molar-refractivity contribution in [3.8, 4) is 5.75 Å². The van der Waals surface area contributed by atoms with Crippen LogP contribution in [0.15, 0.2) is 67.1 Å². The fourth-order valence-electron chi connectivity index (χ4n) is 3.42. The van der Waals surface area contributed by atoms with Gasteiger partial charge in [0.05, 0.1) is 12.0 Å². The summed E-state index contributed by atoms with van der Waals surface area (Å²) >= 11 is 0. The quantitative estimate of drug-likeness (QED) is 0.641. The van der Waals surface area contributed by atoms with E-state index in [1.54, 1.807) is 47.6 Å². The molecule has 0 radical (unpaired) electrons. The zero-order valence-corrected chi connectivity index (χ0v) is 17.2. The molecular weight excluding hydrogens is 394 g/mol. The second-order valence-corrected chi connectivity index (χ2v) is 7.35. The molecule has 2 amide bonds. The highest BCUT2D eigenvalue weighted by atomic mass is 16.6. The number of ether oxygens (including phenoxy) is 1. The fourth-order valence-corrected chi connectivity index (χ4v) is 3.42. The first-order valence-corrected chi connectivity index (χ1v) is 10.3. The van der Waals surface area contributed by atoms with Crippen molar-refractivity contribution in [1.82, 2.24) is 19.8 Å². The van der Waals surface area contributed by atoms with E-state index in [1.807, 2.05) is 24.4 Å². The standard InChI is InChI=1S/C23H25N5O3/c29-22(18-4-2-1-3-5-18)26-19-6-8-21(9-7-19)31-23(30)28-14-12-27(13-15-28)11-10-20-16-24-17-25-20/h1-9,16-17H,10-15H2,(H,24,25)(H,26,29). The van der Waals surface area contributed by atoms with Crippen LogP contribution >= 0.6 is 0 Å². The number of H-pyrrole nitrogens is 1. The largest absolute Gasteiger partial charge is 0.415 e. The van der Waals surface area contributed by atoms with Crippen LogP contribution in [0.2, 0.25) is 0 Å². The zero-order valence-electron chi connectivity index (χ0n) is 17.2. The molecule has 3 aromatic rings. The second-order valence-electron chi connectivity index (χ2n) is 7.35. The highest BCUT2D eigenvalue weighted by Gasteiger charge is 2.22. The summed E-state index contributed by atoms with van der Waals surface area (Å²) in [5, 5.41) is 2.83. The summed E-state index contributed by atoms with van der Waals surface area (Å²) in [4.78, 5) is 35.9. The summed E-state index contributed by atoms with van der Waals surface area (Å²) in [6.45, 7) is 3.80. The number of anilines is 1. The Morgan fingerprint density at radius 1 is 1.00 bits per heavy atom. The Kier molecular flexibility index (Phi) is 6.59. The molecule has 0 atom stereocenters. The zero-order chi connectivity index (χ0) is 21.5. The van der Waals surface area contributed by atoms with Crippen LogP contribution in [-0.4, -0.2) is 64.5 Å². The third kappa shape index (κ3) is 5.70. The van der Waals surface area contributed by atoms with E-state index >= 15 is 0 Å². The van der Waals surface area contributed by atoms with E-state index < -0.39 is 0 Å². The molecule has 0 saturated carbocycles. The summed E-state index contributed by atoms with van der Waals surface area (Å²) in [6.07, 6.45) is 4.13. The van der Waals surface area contributed by atoms with Crippen molar-refractivity contribution in [3.63, 3.8) is 0 Å². The van der Waals surface area contributed by atoms with E-state index in [0.717, 1.165) is 31.7 Å². The topological polar surface area (TPSA) is 90.6 Å². The second kappa shape index (κ2) is 9.90. The van der Waals surface area contributed by atoms with Gasteiger partial charge in [-0.1, -0.05) is 18.2 Å². The number of nitrogens with one attached hydrogen (secondary N) is 2. The van der Waals surface area contributed by atoms with Gasteiger partial charge in [-0.3, -0.25) is 9.69 Å². The molecule has 2 heterocycles. The third-order valence-corrected chi connectivity index (χ3v) is 5.22. The predicted molar refractivity (Wildman–Crippen MR) is 117 cm³/mol. The Bertz CT molecular complexity index is 982. The lowest BCUT2D eigenvalue weighted by molar-refractivity contribution is 0.102. The first-order chi connectivity index (χ1) is 15.2. The number of carbonyl (C=O) groups is 2. The van der Waals surface area contributed by atoms with Gasteiger partial charge in [-0.15, -0.1) is 0 Å². The number of hydrogen-bond donors (Lipinski definition) is 2. The van der Waals surface area contributed by atoms with E-state index in [9.17, 15) is 9.59 Å². The highest BCUT2D eigenvalue weighted by Crippen LogP contribution is 2.18. The Morgan fingerprint density at radius 3 is 2.42 bits per heavy atom. The van der Waals surface area contributed by atoms with Gasteiger partial charge in [0.15, 0.2) is 0 Å². The third-order valence-electron chi connectivity index (χ3n) is 5.22. The maximum atomic E-state index is 12.5. The molecule has 0 spiro atoms. The molecule has 2 N–H and O–H groups in total. The van der Waals surface area contributed by atoms with E-state index in [-0.39, 0.29) is 12.0 Å². The molecule has 0 bridgehead atoms. The molecule has 8 heteroatoms. The summed E-state index contributed by atoms with van der Waals surface area (Å²) in [7, 11) is 0. The lowest BCUT2D eigenvalue weighted by atomic mass is 10.2. The smallest absolute Gasteiger partial charge is 0.410 e. The van der Waals surface area contributed by atoms with Crippen LogP contribution in [0.1, 0.15) is 16.1 Å².